The number of hydrogen-bond acceptors (Lipinski definition) is 5. The van der Waals surface area contributed by atoms with Gasteiger partial charge in [0, 0.05) is 21.1 Å². The van der Waals surface area contributed by atoms with Crippen molar-refractivity contribution in [2.24, 2.45) is 0 Å². The first kappa shape index (κ1) is 25.1. The van der Waals surface area contributed by atoms with Gasteiger partial charge in [-0.1, -0.05) is 25.5 Å². The molecule has 1 aromatic heterocycles. The van der Waals surface area contributed by atoms with E-state index in [0.717, 1.165) is 57.4 Å². The number of halogens is 3. The number of aromatic nitrogens is 1. The van der Waals surface area contributed by atoms with Crippen molar-refractivity contribution in [3.05, 3.63) is 64.2 Å². The van der Waals surface area contributed by atoms with Crippen molar-refractivity contribution >= 4 is 29.1 Å². The van der Waals surface area contributed by atoms with Crippen molar-refractivity contribution in [2.45, 2.75) is 49.9 Å². The second-order valence-corrected chi connectivity index (χ2v) is 9.60. The van der Waals surface area contributed by atoms with Crippen LogP contribution in [0.5, 0.6) is 5.75 Å². The van der Waals surface area contributed by atoms with Gasteiger partial charge in [-0.15, -0.1) is 23.1 Å². The molecule has 9 heteroatoms. The maximum absolute atomic E-state index is 12.9. The molecule has 0 amide bonds. The Morgan fingerprint density at radius 1 is 1.18 bits per heavy atom. The predicted octanol–water partition coefficient (Wildman–Crippen LogP) is 7.24. The number of rotatable bonds is 10. The Hall–Kier alpha value is -2.52. The molecule has 1 heterocycles. The molecule has 176 valence electrons. The average Bonchev–Trinajstić information content (AvgIpc) is 3.18. The molecule has 33 heavy (non-hydrogen) atoms. The number of carbonyl (C=O) groups is 1. The van der Waals surface area contributed by atoms with Gasteiger partial charge in [0.15, 0.2) is 6.61 Å². The molecule has 0 fully saturated rings. The van der Waals surface area contributed by atoms with E-state index in [1.165, 1.54) is 23.5 Å². The van der Waals surface area contributed by atoms with Crippen LogP contribution in [-0.4, -0.2) is 22.7 Å². The third kappa shape index (κ3) is 6.98. The minimum Gasteiger partial charge on any atom is -0.482 e. The van der Waals surface area contributed by atoms with Crippen LogP contribution >= 0.6 is 23.1 Å². The van der Waals surface area contributed by atoms with Gasteiger partial charge < -0.3 is 9.84 Å². The van der Waals surface area contributed by atoms with Gasteiger partial charge in [0.2, 0.25) is 0 Å². The molecule has 0 saturated carbocycles. The molecule has 0 aliphatic heterocycles. The van der Waals surface area contributed by atoms with E-state index in [1.807, 2.05) is 19.1 Å². The number of ether oxygens (including phenoxy) is 1. The van der Waals surface area contributed by atoms with Crippen molar-refractivity contribution in [3.63, 3.8) is 0 Å². The van der Waals surface area contributed by atoms with Crippen LogP contribution in [0, 0.1) is 6.92 Å². The van der Waals surface area contributed by atoms with E-state index in [9.17, 15) is 18.0 Å². The first-order valence-electron chi connectivity index (χ1n) is 10.4. The van der Waals surface area contributed by atoms with E-state index in [0.29, 0.717) is 17.1 Å². The lowest BCUT2D eigenvalue weighted by molar-refractivity contribution is -0.139. The van der Waals surface area contributed by atoms with Crippen LogP contribution in [0.15, 0.2) is 47.4 Å². The summed E-state index contributed by atoms with van der Waals surface area (Å²) in [5, 5.41) is 9.49. The molecule has 1 N–H and O–H groups in total. The van der Waals surface area contributed by atoms with Gasteiger partial charge in [0.25, 0.3) is 0 Å². The Balaban J connectivity index is 1.76. The Bertz CT molecular complexity index is 1100. The second-order valence-electron chi connectivity index (χ2n) is 7.47. The number of benzene rings is 2. The van der Waals surface area contributed by atoms with Crippen LogP contribution in [0.4, 0.5) is 13.2 Å². The van der Waals surface area contributed by atoms with Crippen molar-refractivity contribution in [3.8, 4) is 16.3 Å². The first-order valence-corrected chi connectivity index (χ1v) is 12.2. The Labute approximate surface area is 198 Å². The van der Waals surface area contributed by atoms with Gasteiger partial charge in [-0.05, 0) is 55.7 Å². The van der Waals surface area contributed by atoms with Crippen LogP contribution in [0.1, 0.15) is 41.5 Å². The van der Waals surface area contributed by atoms with Gasteiger partial charge in [0.1, 0.15) is 10.8 Å². The Kier molecular flexibility index (Phi) is 8.42. The molecule has 0 unspecified atom stereocenters. The molecule has 0 aliphatic rings. The number of alkyl halides is 3. The average molecular weight is 496 g/mol. The molecule has 0 saturated heterocycles. The number of aryl methyl sites for hydroxylation is 2. The number of nitrogens with zero attached hydrogens (tertiary/aromatic N) is 1. The van der Waals surface area contributed by atoms with Gasteiger partial charge >= 0.3 is 12.1 Å². The van der Waals surface area contributed by atoms with Crippen LogP contribution in [0.3, 0.4) is 0 Å². The van der Waals surface area contributed by atoms with E-state index in [1.54, 1.807) is 17.8 Å². The van der Waals surface area contributed by atoms with Gasteiger partial charge in [-0.2, -0.15) is 13.2 Å². The van der Waals surface area contributed by atoms with Crippen molar-refractivity contribution < 1.29 is 27.8 Å². The number of carboxylic acids is 1. The van der Waals surface area contributed by atoms with Gasteiger partial charge in [0.05, 0.1) is 11.3 Å². The fourth-order valence-corrected chi connectivity index (χ4v) is 5.33. The minimum absolute atomic E-state index is 0.387. The minimum atomic E-state index is -4.36. The topological polar surface area (TPSA) is 59.4 Å². The molecule has 0 radical (unpaired) electrons. The van der Waals surface area contributed by atoms with Crippen molar-refractivity contribution in [1.82, 2.24) is 4.98 Å². The molecule has 4 nitrogen and oxygen atoms in total. The monoisotopic (exact) mass is 495 g/mol. The summed E-state index contributed by atoms with van der Waals surface area (Å²) in [7, 11) is 0. The number of hydrogen-bond donors (Lipinski definition) is 1. The van der Waals surface area contributed by atoms with E-state index in [-0.39, 0.29) is 6.61 Å². The highest BCUT2D eigenvalue weighted by Gasteiger charge is 2.30. The summed E-state index contributed by atoms with van der Waals surface area (Å²) in [4.78, 5) is 17.6. The Morgan fingerprint density at radius 2 is 1.91 bits per heavy atom. The summed E-state index contributed by atoms with van der Waals surface area (Å²) >= 11 is 3.14. The molecule has 3 aromatic rings. The van der Waals surface area contributed by atoms with Crippen molar-refractivity contribution in [2.75, 3.05) is 6.61 Å². The molecular weight excluding hydrogens is 471 g/mol. The van der Waals surface area contributed by atoms with E-state index in [2.05, 4.69) is 6.92 Å². The molecule has 0 aliphatic carbocycles. The lowest BCUT2D eigenvalue weighted by Crippen LogP contribution is -2.09. The van der Waals surface area contributed by atoms with Crippen molar-refractivity contribution in [1.29, 1.82) is 0 Å². The molecule has 0 atom stereocenters. The van der Waals surface area contributed by atoms with Crippen LogP contribution < -0.4 is 4.74 Å². The number of unbranched alkanes of at least 4 members (excludes halogenated alkanes) is 1. The quantitative estimate of drug-likeness (QED) is 0.301. The number of carboxylic acid groups (broad SMARTS) is 1. The first-order chi connectivity index (χ1) is 15.7. The van der Waals surface area contributed by atoms with E-state index >= 15 is 0 Å². The highest BCUT2D eigenvalue weighted by atomic mass is 32.2. The van der Waals surface area contributed by atoms with Crippen LogP contribution in [0.2, 0.25) is 0 Å². The summed E-state index contributed by atoms with van der Waals surface area (Å²) < 4.78 is 43.9. The van der Waals surface area contributed by atoms with E-state index < -0.39 is 17.7 Å². The predicted molar refractivity (Wildman–Crippen MR) is 125 cm³/mol. The SMILES string of the molecule is CCCCc1nc(-c2ccc(C(F)(F)F)cc2)sc1CSc1ccc(OCC(=O)O)c(C)c1. The lowest BCUT2D eigenvalue weighted by Gasteiger charge is -2.09. The number of aliphatic carboxylic acids is 1. The summed E-state index contributed by atoms with van der Waals surface area (Å²) in [6.07, 6.45) is -1.52. The third-order valence-electron chi connectivity index (χ3n) is 4.87. The summed E-state index contributed by atoms with van der Waals surface area (Å²) in [6.45, 7) is 3.58. The van der Waals surface area contributed by atoms with Crippen LogP contribution in [0.25, 0.3) is 10.6 Å². The molecule has 0 spiro atoms. The van der Waals surface area contributed by atoms with Gasteiger partial charge in [-0.25, -0.2) is 9.78 Å². The maximum atomic E-state index is 12.9. The lowest BCUT2D eigenvalue weighted by atomic mass is 10.1. The fraction of sp³-hybridized carbons (Fsp3) is 0.333. The maximum Gasteiger partial charge on any atom is 0.416 e. The summed E-state index contributed by atoms with van der Waals surface area (Å²) in [5.41, 5.74) is 1.85. The molecule has 3 rings (SSSR count). The van der Waals surface area contributed by atoms with Crippen LogP contribution in [-0.2, 0) is 23.1 Å². The number of thioether (sulfide) groups is 1. The molecule has 0 bridgehead atoms. The number of thiazole rings is 1. The third-order valence-corrected chi connectivity index (χ3v) is 7.22. The largest absolute Gasteiger partial charge is 0.482 e. The highest BCUT2D eigenvalue weighted by molar-refractivity contribution is 7.98. The second kappa shape index (κ2) is 11.1. The fourth-order valence-electron chi connectivity index (χ4n) is 3.12. The molecular formula is C24H24F3NO3S2. The Morgan fingerprint density at radius 3 is 2.52 bits per heavy atom. The standard InChI is InChI=1S/C24H24F3NO3S2/c1-3-4-5-19-21(14-32-18-10-11-20(15(2)12-18)31-13-22(29)30)33-23(28-19)16-6-8-17(9-7-16)24(25,26)27/h6-12H,3-5,13-14H2,1-2H3,(H,29,30). The zero-order valence-electron chi connectivity index (χ0n) is 18.2. The molecule has 2 aromatic carbocycles. The summed E-state index contributed by atoms with van der Waals surface area (Å²) in [5.74, 6) is 0.195. The zero-order chi connectivity index (χ0) is 24.0. The van der Waals surface area contributed by atoms with Gasteiger partial charge in [-0.3, -0.25) is 0 Å². The van der Waals surface area contributed by atoms with E-state index in [4.69, 9.17) is 14.8 Å². The highest BCUT2D eigenvalue weighted by Crippen LogP contribution is 2.36. The normalized spacial score (nSPS) is 11.5. The zero-order valence-corrected chi connectivity index (χ0v) is 19.9. The smallest absolute Gasteiger partial charge is 0.416 e. The summed E-state index contributed by atoms with van der Waals surface area (Å²) in [6, 6.07) is 10.7.